The summed E-state index contributed by atoms with van der Waals surface area (Å²) in [6.07, 6.45) is 4.33. The predicted molar refractivity (Wildman–Crippen MR) is 104 cm³/mol. The van der Waals surface area contributed by atoms with Crippen LogP contribution in [0.3, 0.4) is 0 Å². The van der Waals surface area contributed by atoms with E-state index in [-0.39, 0.29) is 5.92 Å². The molecule has 0 aromatic heterocycles. The molecule has 1 aliphatic carbocycles. The molecule has 3 nitrogen and oxygen atoms in total. The van der Waals surface area contributed by atoms with E-state index in [0.717, 1.165) is 43.8 Å². The van der Waals surface area contributed by atoms with Crippen LogP contribution in [0.15, 0.2) is 48.5 Å². The number of Topliss-reactive ketones (excluding diaryl/α,β-unsaturated/α-hetero) is 1. The molecule has 136 valence electrons. The van der Waals surface area contributed by atoms with Gasteiger partial charge in [-0.05, 0) is 74.0 Å². The molecule has 4 rings (SSSR count). The number of rotatable bonds is 5. The van der Waals surface area contributed by atoms with Crippen LogP contribution in [0.5, 0.6) is 5.75 Å². The Hall–Kier alpha value is -2.13. The Morgan fingerprint density at radius 3 is 2.58 bits per heavy atom. The molecule has 0 saturated carbocycles. The number of hydrogen-bond acceptors (Lipinski definition) is 3. The molecule has 1 heterocycles. The maximum atomic E-state index is 12.7. The summed E-state index contributed by atoms with van der Waals surface area (Å²) in [5.74, 6) is 2.04. The van der Waals surface area contributed by atoms with E-state index in [9.17, 15) is 4.79 Å². The SMILES string of the molecule is COc1ccc2c(c1)C[C@@H](CC1CCN(Cc3ccccc3)CC1)C2=O. The maximum absolute atomic E-state index is 12.7. The van der Waals surface area contributed by atoms with E-state index in [0.29, 0.717) is 11.7 Å². The summed E-state index contributed by atoms with van der Waals surface area (Å²) in [4.78, 5) is 15.3. The van der Waals surface area contributed by atoms with Gasteiger partial charge in [-0.2, -0.15) is 0 Å². The number of ketones is 1. The van der Waals surface area contributed by atoms with Crippen LogP contribution in [0, 0.1) is 11.8 Å². The summed E-state index contributed by atoms with van der Waals surface area (Å²) in [6.45, 7) is 3.32. The number of likely N-dealkylation sites (tertiary alicyclic amines) is 1. The van der Waals surface area contributed by atoms with Crippen LogP contribution in [0.4, 0.5) is 0 Å². The lowest BCUT2D eigenvalue weighted by molar-refractivity contribution is 0.0896. The van der Waals surface area contributed by atoms with Gasteiger partial charge in [-0.15, -0.1) is 0 Å². The van der Waals surface area contributed by atoms with E-state index in [2.05, 4.69) is 35.2 Å². The van der Waals surface area contributed by atoms with E-state index < -0.39 is 0 Å². The van der Waals surface area contributed by atoms with E-state index >= 15 is 0 Å². The fraction of sp³-hybridized carbons (Fsp3) is 0.435. The molecule has 3 heteroatoms. The summed E-state index contributed by atoms with van der Waals surface area (Å²) < 4.78 is 5.30. The first-order valence-electron chi connectivity index (χ1n) is 9.70. The number of piperidine rings is 1. The van der Waals surface area contributed by atoms with Crippen LogP contribution in [0.2, 0.25) is 0 Å². The molecule has 2 aromatic carbocycles. The third-order valence-corrected chi connectivity index (χ3v) is 5.99. The third kappa shape index (κ3) is 3.68. The van der Waals surface area contributed by atoms with E-state index in [1.807, 2.05) is 18.2 Å². The van der Waals surface area contributed by atoms with Crippen molar-refractivity contribution in [3.63, 3.8) is 0 Å². The molecule has 1 atom stereocenters. The fourth-order valence-electron chi connectivity index (χ4n) is 4.50. The second-order valence-corrected chi connectivity index (χ2v) is 7.73. The molecule has 0 spiro atoms. The summed E-state index contributed by atoms with van der Waals surface area (Å²) >= 11 is 0. The number of ether oxygens (including phenoxy) is 1. The molecule has 0 unspecified atom stereocenters. The molecule has 0 N–H and O–H groups in total. The molecule has 0 radical (unpaired) electrons. The first-order valence-corrected chi connectivity index (χ1v) is 9.70. The number of nitrogens with zero attached hydrogens (tertiary/aromatic N) is 1. The molecule has 2 aromatic rings. The van der Waals surface area contributed by atoms with Gasteiger partial charge in [-0.1, -0.05) is 30.3 Å². The van der Waals surface area contributed by atoms with Gasteiger partial charge in [0.05, 0.1) is 7.11 Å². The number of hydrogen-bond donors (Lipinski definition) is 0. The highest BCUT2D eigenvalue weighted by molar-refractivity contribution is 6.02. The van der Waals surface area contributed by atoms with Crippen LogP contribution >= 0.6 is 0 Å². The van der Waals surface area contributed by atoms with Gasteiger partial charge in [0, 0.05) is 18.0 Å². The minimum atomic E-state index is 0.169. The van der Waals surface area contributed by atoms with Crippen LogP contribution < -0.4 is 4.74 Å². The average Bonchev–Trinajstić information content (AvgIpc) is 2.99. The van der Waals surface area contributed by atoms with Gasteiger partial charge in [-0.3, -0.25) is 9.69 Å². The van der Waals surface area contributed by atoms with E-state index in [1.54, 1.807) is 7.11 Å². The summed E-state index contributed by atoms with van der Waals surface area (Å²) in [7, 11) is 1.68. The van der Waals surface area contributed by atoms with Crippen molar-refractivity contribution in [2.75, 3.05) is 20.2 Å². The number of methoxy groups -OCH3 is 1. The van der Waals surface area contributed by atoms with Crippen molar-refractivity contribution in [2.45, 2.75) is 32.2 Å². The predicted octanol–water partition coefficient (Wildman–Crippen LogP) is 4.35. The van der Waals surface area contributed by atoms with Crippen LogP contribution in [-0.4, -0.2) is 30.9 Å². The summed E-state index contributed by atoms with van der Waals surface area (Å²) in [6, 6.07) is 16.6. The lowest BCUT2D eigenvalue weighted by Gasteiger charge is -2.32. The second kappa shape index (κ2) is 7.63. The molecule has 2 aliphatic rings. The molecule has 1 fully saturated rings. The zero-order valence-corrected chi connectivity index (χ0v) is 15.5. The summed E-state index contributed by atoms with van der Waals surface area (Å²) in [5.41, 5.74) is 3.47. The standard InChI is InChI=1S/C23H27NO2/c1-26-21-7-8-22-19(15-21)14-20(23(22)25)13-17-9-11-24(12-10-17)16-18-5-3-2-4-6-18/h2-8,15,17,20H,9-14,16H2,1H3/t20-/m1/s1. The molecule has 26 heavy (non-hydrogen) atoms. The lowest BCUT2D eigenvalue weighted by Crippen LogP contribution is -2.34. The fourth-order valence-corrected chi connectivity index (χ4v) is 4.50. The molecular formula is C23H27NO2. The van der Waals surface area contributed by atoms with Crippen LogP contribution in [0.1, 0.15) is 40.7 Å². The lowest BCUT2D eigenvalue weighted by atomic mass is 9.85. The van der Waals surface area contributed by atoms with Crippen molar-refractivity contribution in [3.05, 3.63) is 65.2 Å². The van der Waals surface area contributed by atoms with Crippen molar-refractivity contribution in [3.8, 4) is 5.75 Å². The van der Waals surface area contributed by atoms with Gasteiger partial charge in [0.25, 0.3) is 0 Å². The Kier molecular flexibility index (Phi) is 5.07. The van der Waals surface area contributed by atoms with Crippen molar-refractivity contribution in [1.29, 1.82) is 0 Å². The van der Waals surface area contributed by atoms with Gasteiger partial charge in [0.15, 0.2) is 5.78 Å². The van der Waals surface area contributed by atoms with Crippen molar-refractivity contribution < 1.29 is 9.53 Å². The highest BCUT2D eigenvalue weighted by Crippen LogP contribution is 2.35. The van der Waals surface area contributed by atoms with Gasteiger partial charge in [0.2, 0.25) is 0 Å². The molecule has 1 saturated heterocycles. The number of carbonyl (C=O) groups is 1. The molecule has 0 bridgehead atoms. The Balaban J connectivity index is 1.30. The quantitative estimate of drug-likeness (QED) is 0.803. The maximum Gasteiger partial charge on any atom is 0.166 e. The minimum Gasteiger partial charge on any atom is -0.497 e. The number of carbonyl (C=O) groups excluding carboxylic acids is 1. The highest BCUT2D eigenvalue weighted by Gasteiger charge is 2.33. The van der Waals surface area contributed by atoms with Crippen molar-refractivity contribution in [2.24, 2.45) is 11.8 Å². The largest absolute Gasteiger partial charge is 0.497 e. The third-order valence-electron chi connectivity index (χ3n) is 5.99. The highest BCUT2D eigenvalue weighted by atomic mass is 16.5. The van der Waals surface area contributed by atoms with Crippen LogP contribution in [0.25, 0.3) is 0 Å². The smallest absolute Gasteiger partial charge is 0.166 e. The average molecular weight is 349 g/mol. The van der Waals surface area contributed by atoms with Crippen molar-refractivity contribution >= 4 is 5.78 Å². The van der Waals surface area contributed by atoms with Gasteiger partial charge in [-0.25, -0.2) is 0 Å². The second-order valence-electron chi connectivity index (χ2n) is 7.73. The Morgan fingerprint density at radius 1 is 1.08 bits per heavy atom. The Labute approximate surface area is 156 Å². The number of fused-ring (bicyclic) bond motifs is 1. The normalized spacial score (nSPS) is 21.0. The first-order chi connectivity index (χ1) is 12.7. The zero-order chi connectivity index (χ0) is 17.9. The Morgan fingerprint density at radius 2 is 1.85 bits per heavy atom. The zero-order valence-electron chi connectivity index (χ0n) is 15.5. The van der Waals surface area contributed by atoms with Gasteiger partial charge in [0.1, 0.15) is 5.75 Å². The van der Waals surface area contributed by atoms with E-state index in [4.69, 9.17) is 4.74 Å². The molecule has 0 amide bonds. The van der Waals surface area contributed by atoms with Gasteiger partial charge >= 0.3 is 0 Å². The van der Waals surface area contributed by atoms with Crippen LogP contribution in [-0.2, 0) is 13.0 Å². The minimum absolute atomic E-state index is 0.169. The van der Waals surface area contributed by atoms with E-state index in [1.165, 1.54) is 24.0 Å². The summed E-state index contributed by atoms with van der Waals surface area (Å²) in [5, 5.41) is 0. The van der Waals surface area contributed by atoms with Crippen molar-refractivity contribution in [1.82, 2.24) is 4.90 Å². The Bertz CT molecular complexity index is 763. The topological polar surface area (TPSA) is 29.5 Å². The number of benzene rings is 2. The molecule has 1 aliphatic heterocycles. The monoisotopic (exact) mass is 349 g/mol. The van der Waals surface area contributed by atoms with Gasteiger partial charge < -0.3 is 4.74 Å². The molecular weight excluding hydrogens is 322 g/mol. The first kappa shape index (κ1) is 17.3.